The zero-order chi connectivity index (χ0) is 16.3. The van der Waals surface area contributed by atoms with Gasteiger partial charge in [-0.25, -0.2) is 13.1 Å². The molecule has 0 bridgehead atoms. The van der Waals surface area contributed by atoms with Crippen LogP contribution < -0.4 is 10.0 Å². The number of carbonyl (C=O) groups excluding carboxylic acids is 1. The third kappa shape index (κ3) is 4.08. The fraction of sp³-hybridized carbons (Fsp3) is 0.562. The average Bonchev–Trinajstić information content (AvgIpc) is 2.92. The van der Waals surface area contributed by atoms with Crippen molar-refractivity contribution in [3.8, 4) is 0 Å². The molecule has 2 N–H and O–H groups in total. The third-order valence-corrected chi connectivity index (χ3v) is 4.87. The van der Waals surface area contributed by atoms with Crippen LogP contribution in [0.3, 0.4) is 0 Å². The minimum absolute atomic E-state index is 0.111. The molecule has 0 aliphatic heterocycles. The van der Waals surface area contributed by atoms with E-state index >= 15 is 0 Å². The van der Waals surface area contributed by atoms with Crippen molar-refractivity contribution in [3.63, 3.8) is 0 Å². The number of benzene rings is 1. The molecule has 0 fully saturated rings. The Labute approximate surface area is 132 Å². The molecule has 6 heteroatoms. The van der Waals surface area contributed by atoms with E-state index in [2.05, 4.69) is 17.0 Å². The smallest absolute Gasteiger partial charge is 0.251 e. The molecule has 1 amide bonds. The van der Waals surface area contributed by atoms with Crippen molar-refractivity contribution in [1.29, 1.82) is 0 Å². The van der Waals surface area contributed by atoms with Crippen molar-refractivity contribution >= 4 is 15.9 Å². The van der Waals surface area contributed by atoms with Crippen LogP contribution in [0.25, 0.3) is 0 Å². The summed E-state index contributed by atoms with van der Waals surface area (Å²) in [5.74, 6) is -0.111. The first kappa shape index (κ1) is 17.0. The Morgan fingerprint density at radius 3 is 2.59 bits per heavy atom. The maximum absolute atomic E-state index is 12.5. The van der Waals surface area contributed by atoms with Crippen molar-refractivity contribution in [2.45, 2.75) is 45.6 Å². The summed E-state index contributed by atoms with van der Waals surface area (Å²) in [6.45, 7) is 4.22. The van der Waals surface area contributed by atoms with E-state index in [1.807, 2.05) is 19.1 Å². The Morgan fingerprint density at radius 1 is 1.27 bits per heavy atom. The zero-order valence-corrected chi connectivity index (χ0v) is 14.2. The Balaban J connectivity index is 2.10. The number of amides is 1. The molecule has 5 nitrogen and oxygen atoms in total. The summed E-state index contributed by atoms with van der Waals surface area (Å²) in [6, 6.07) is 3.67. The molecule has 22 heavy (non-hydrogen) atoms. The normalized spacial score (nSPS) is 15.4. The molecule has 1 atom stereocenters. The Morgan fingerprint density at radius 2 is 1.95 bits per heavy atom. The minimum Gasteiger partial charge on any atom is -0.348 e. The van der Waals surface area contributed by atoms with Crippen molar-refractivity contribution in [3.05, 3.63) is 34.4 Å². The lowest BCUT2D eigenvalue weighted by molar-refractivity contribution is 0.0935. The maximum atomic E-state index is 12.5. The quantitative estimate of drug-likeness (QED) is 0.833. The number of hydrogen-bond acceptors (Lipinski definition) is 3. The summed E-state index contributed by atoms with van der Waals surface area (Å²) in [5, 5.41) is 2.94. The number of nitrogens with one attached hydrogen (secondary N) is 2. The number of rotatable bonds is 6. The second-order valence-electron chi connectivity index (χ2n) is 5.94. The highest BCUT2D eigenvalue weighted by atomic mass is 32.2. The van der Waals surface area contributed by atoms with Gasteiger partial charge in [0.25, 0.3) is 5.91 Å². The minimum atomic E-state index is -3.25. The monoisotopic (exact) mass is 324 g/mol. The topological polar surface area (TPSA) is 75.3 Å². The molecule has 0 heterocycles. The van der Waals surface area contributed by atoms with Crippen molar-refractivity contribution in [2.75, 3.05) is 12.8 Å². The number of fused-ring (bicyclic) bond motifs is 1. The van der Waals surface area contributed by atoms with Gasteiger partial charge in [-0.3, -0.25) is 4.79 Å². The van der Waals surface area contributed by atoms with Crippen LogP contribution in [0.1, 0.15) is 46.8 Å². The number of hydrogen-bond donors (Lipinski definition) is 2. The van der Waals surface area contributed by atoms with E-state index < -0.39 is 10.0 Å². The van der Waals surface area contributed by atoms with E-state index in [0.717, 1.165) is 36.6 Å². The molecular formula is C16H24N2O3S. The molecule has 1 aromatic rings. The van der Waals surface area contributed by atoms with Gasteiger partial charge in [-0.05, 0) is 55.4 Å². The van der Waals surface area contributed by atoms with Gasteiger partial charge in [0.1, 0.15) is 0 Å². The summed E-state index contributed by atoms with van der Waals surface area (Å²) < 4.78 is 24.8. The molecule has 1 aliphatic carbocycles. The molecule has 0 radical (unpaired) electrons. The molecule has 0 spiro atoms. The molecule has 122 valence electrons. The average molecular weight is 324 g/mol. The van der Waals surface area contributed by atoms with E-state index in [9.17, 15) is 13.2 Å². The van der Waals surface area contributed by atoms with Crippen LogP contribution in [0, 0.1) is 6.92 Å². The van der Waals surface area contributed by atoms with E-state index in [-0.39, 0.29) is 18.5 Å². The summed E-state index contributed by atoms with van der Waals surface area (Å²) in [6.07, 6.45) is 4.86. The second kappa shape index (κ2) is 6.79. The Kier molecular flexibility index (Phi) is 5.24. The lowest BCUT2D eigenvalue weighted by atomic mass is 9.98. The van der Waals surface area contributed by atoms with Gasteiger partial charge in [0.05, 0.1) is 6.26 Å². The first-order valence-electron chi connectivity index (χ1n) is 7.68. The predicted molar refractivity (Wildman–Crippen MR) is 87.6 cm³/mol. The highest BCUT2D eigenvalue weighted by Gasteiger charge is 2.22. The first-order valence-corrected chi connectivity index (χ1v) is 9.57. The van der Waals surface area contributed by atoms with E-state index in [4.69, 9.17) is 0 Å². The van der Waals surface area contributed by atoms with Crippen molar-refractivity contribution in [2.24, 2.45) is 0 Å². The van der Waals surface area contributed by atoms with Crippen LogP contribution in [-0.4, -0.2) is 33.2 Å². The zero-order valence-electron chi connectivity index (χ0n) is 13.4. The summed E-state index contributed by atoms with van der Waals surface area (Å²) in [7, 11) is -3.25. The second-order valence-corrected chi connectivity index (χ2v) is 7.77. The maximum Gasteiger partial charge on any atom is 0.251 e. The van der Waals surface area contributed by atoms with Crippen LogP contribution in [0.15, 0.2) is 12.1 Å². The molecular weight excluding hydrogens is 300 g/mol. The van der Waals surface area contributed by atoms with Gasteiger partial charge in [-0.2, -0.15) is 0 Å². The Bertz CT molecular complexity index is 668. The van der Waals surface area contributed by atoms with Gasteiger partial charge >= 0.3 is 0 Å². The molecule has 0 aromatic heterocycles. The van der Waals surface area contributed by atoms with Crippen molar-refractivity contribution in [1.82, 2.24) is 10.0 Å². The van der Waals surface area contributed by atoms with Gasteiger partial charge in [-0.1, -0.05) is 13.0 Å². The SMILES string of the molecule is CC[C@@H](CNS(C)(=O)=O)NC(=O)c1ccc(C)c2c1CCC2. The molecule has 0 saturated carbocycles. The fourth-order valence-corrected chi connectivity index (χ4v) is 3.41. The van der Waals surface area contributed by atoms with Crippen LogP contribution in [0.4, 0.5) is 0 Å². The van der Waals surface area contributed by atoms with Gasteiger partial charge in [0.2, 0.25) is 10.0 Å². The van der Waals surface area contributed by atoms with Gasteiger partial charge in [-0.15, -0.1) is 0 Å². The third-order valence-electron chi connectivity index (χ3n) is 4.18. The first-order chi connectivity index (χ1) is 10.3. The van der Waals surface area contributed by atoms with Gasteiger partial charge in [0.15, 0.2) is 0 Å². The van der Waals surface area contributed by atoms with E-state index in [1.165, 1.54) is 11.1 Å². The van der Waals surface area contributed by atoms with Crippen LogP contribution in [0.2, 0.25) is 0 Å². The van der Waals surface area contributed by atoms with Crippen LogP contribution >= 0.6 is 0 Å². The van der Waals surface area contributed by atoms with Crippen molar-refractivity contribution < 1.29 is 13.2 Å². The highest BCUT2D eigenvalue weighted by Crippen LogP contribution is 2.28. The molecule has 1 aromatic carbocycles. The summed E-state index contributed by atoms with van der Waals surface area (Å²) in [4.78, 5) is 12.5. The lowest BCUT2D eigenvalue weighted by Gasteiger charge is -2.18. The van der Waals surface area contributed by atoms with E-state index in [1.54, 1.807) is 0 Å². The number of carbonyl (C=O) groups is 1. The number of sulfonamides is 1. The molecule has 1 aliphatic rings. The highest BCUT2D eigenvalue weighted by molar-refractivity contribution is 7.88. The summed E-state index contributed by atoms with van der Waals surface area (Å²) >= 11 is 0. The standard InChI is InChI=1S/C16H24N2O3S/c1-4-12(10-17-22(3,20)21)18-16(19)15-9-8-11(2)13-6-5-7-14(13)15/h8-9,12,17H,4-7,10H2,1-3H3,(H,18,19)/t12-/m0/s1. The molecule has 2 rings (SSSR count). The molecule has 0 unspecified atom stereocenters. The summed E-state index contributed by atoms with van der Waals surface area (Å²) in [5.41, 5.74) is 4.43. The number of aryl methyl sites for hydroxylation is 1. The predicted octanol–water partition coefficient (Wildman–Crippen LogP) is 1.54. The molecule has 0 saturated heterocycles. The van der Waals surface area contributed by atoms with Gasteiger partial charge < -0.3 is 5.32 Å². The van der Waals surface area contributed by atoms with Crippen LogP contribution in [0.5, 0.6) is 0 Å². The van der Waals surface area contributed by atoms with Crippen LogP contribution in [-0.2, 0) is 22.9 Å². The van der Waals surface area contributed by atoms with Gasteiger partial charge in [0, 0.05) is 18.2 Å². The largest absolute Gasteiger partial charge is 0.348 e. The van der Waals surface area contributed by atoms with E-state index in [0.29, 0.717) is 6.42 Å². The lowest BCUT2D eigenvalue weighted by Crippen LogP contribution is -2.43. The fourth-order valence-electron chi connectivity index (χ4n) is 2.91. The Hall–Kier alpha value is -1.40.